The standard InChI is InChI=1S/C17H28N4O/c22-17-4-2-1-3-16(17)15-21-13-11-19-7-5-18-6-8-20(10-9-19)12-14-21/h1-4,18,22H,5-15H2. The Bertz CT molecular complexity index is 450. The molecule has 2 N–H and O–H groups in total. The average Bonchev–Trinajstić information content (AvgIpc) is 2.69. The summed E-state index contributed by atoms with van der Waals surface area (Å²) in [5.74, 6) is 0.418. The number of phenolic OH excluding ortho intramolecular Hbond substituents is 1. The molecule has 2 aliphatic heterocycles. The molecule has 0 saturated carbocycles. The Morgan fingerprint density at radius 3 is 2.05 bits per heavy atom. The third-order valence-electron chi connectivity index (χ3n) is 4.79. The molecular weight excluding hydrogens is 276 g/mol. The first-order chi connectivity index (χ1) is 10.8. The van der Waals surface area contributed by atoms with E-state index >= 15 is 0 Å². The zero-order valence-electron chi connectivity index (χ0n) is 13.4. The number of fused-ring (bicyclic) bond motifs is 3. The number of hydrogen-bond acceptors (Lipinski definition) is 5. The largest absolute Gasteiger partial charge is 0.508 e. The second-order valence-corrected chi connectivity index (χ2v) is 6.34. The van der Waals surface area contributed by atoms with Crippen LogP contribution >= 0.6 is 0 Å². The molecular formula is C17H28N4O. The van der Waals surface area contributed by atoms with Crippen LogP contribution in [0.1, 0.15) is 5.56 Å². The number of para-hydroxylation sites is 1. The summed E-state index contributed by atoms with van der Waals surface area (Å²) < 4.78 is 0. The Morgan fingerprint density at radius 1 is 0.818 bits per heavy atom. The summed E-state index contributed by atoms with van der Waals surface area (Å²) in [6.07, 6.45) is 0. The van der Waals surface area contributed by atoms with Gasteiger partial charge in [0, 0.05) is 77.6 Å². The van der Waals surface area contributed by atoms with E-state index in [0.717, 1.165) is 64.5 Å². The van der Waals surface area contributed by atoms with Gasteiger partial charge in [-0.05, 0) is 6.07 Å². The first kappa shape index (κ1) is 15.7. The maximum absolute atomic E-state index is 10.0. The molecule has 0 spiro atoms. The second-order valence-electron chi connectivity index (χ2n) is 6.34. The quantitative estimate of drug-likeness (QED) is 0.829. The Kier molecular flexibility index (Phi) is 5.67. The van der Waals surface area contributed by atoms with E-state index in [1.165, 1.54) is 13.1 Å². The second kappa shape index (κ2) is 7.92. The fourth-order valence-electron chi connectivity index (χ4n) is 3.27. The van der Waals surface area contributed by atoms with E-state index in [0.29, 0.717) is 5.75 Å². The third-order valence-corrected chi connectivity index (χ3v) is 4.79. The number of benzene rings is 1. The summed E-state index contributed by atoms with van der Waals surface area (Å²) in [4.78, 5) is 7.61. The predicted molar refractivity (Wildman–Crippen MR) is 89.1 cm³/mol. The molecule has 0 amide bonds. The summed E-state index contributed by atoms with van der Waals surface area (Å²) in [5, 5.41) is 13.5. The molecule has 122 valence electrons. The Balaban J connectivity index is 1.66. The Hall–Kier alpha value is -1.14. The number of aromatic hydroxyl groups is 1. The van der Waals surface area contributed by atoms with Gasteiger partial charge in [-0.1, -0.05) is 18.2 Å². The smallest absolute Gasteiger partial charge is 0.120 e. The minimum absolute atomic E-state index is 0.418. The molecule has 2 unspecified atom stereocenters. The van der Waals surface area contributed by atoms with Gasteiger partial charge in [-0.25, -0.2) is 0 Å². The van der Waals surface area contributed by atoms with Gasteiger partial charge < -0.3 is 10.4 Å². The first-order valence-corrected chi connectivity index (χ1v) is 8.46. The average molecular weight is 304 g/mol. The topological polar surface area (TPSA) is 42.0 Å². The first-order valence-electron chi connectivity index (χ1n) is 8.46. The van der Waals surface area contributed by atoms with Crippen molar-refractivity contribution in [2.45, 2.75) is 6.54 Å². The van der Waals surface area contributed by atoms with Gasteiger partial charge >= 0.3 is 0 Å². The normalized spacial score (nSPS) is 28.0. The monoisotopic (exact) mass is 304 g/mol. The zero-order valence-corrected chi connectivity index (χ0v) is 13.4. The van der Waals surface area contributed by atoms with Gasteiger partial charge in [0.2, 0.25) is 0 Å². The number of nitrogens with one attached hydrogen (secondary N) is 1. The molecule has 0 aliphatic carbocycles. The van der Waals surface area contributed by atoms with Crippen LogP contribution in [0.25, 0.3) is 0 Å². The number of rotatable bonds is 2. The van der Waals surface area contributed by atoms with E-state index in [-0.39, 0.29) is 0 Å². The number of hydrogen-bond donors (Lipinski definition) is 2. The lowest BCUT2D eigenvalue weighted by molar-refractivity contribution is 0.206. The van der Waals surface area contributed by atoms with Crippen molar-refractivity contribution in [2.24, 2.45) is 0 Å². The number of nitrogens with zero attached hydrogens (tertiary/aromatic N) is 3. The molecule has 1 aromatic rings. The highest BCUT2D eigenvalue weighted by atomic mass is 16.3. The molecule has 2 aliphatic rings. The van der Waals surface area contributed by atoms with Crippen molar-refractivity contribution in [3.8, 4) is 5.75 Å². The summed E-state index contributed by atoms with van der Waals surface area (Å²) in [6, 6.07) is 7.71. The molecule has 2 saturated heterocycles. The van der Waals surface area contributed by atoms with Crippen LogP contribution in [-0.2, 0) is 6.54 Å². The van der Waals surface area contributed by atoms with E-state index < -0.39 is 0 Å². The fourth-order valence-corrected chi connectivity index (χ4v) is 3.27. The molecule has 5 heteroatoms. The minimum Gasteiger partial charge on any atom is -0.508 e. The van der Waals surface area contributed by atoms with Crippen molar-refractivity contribution in [3.63, 3.8) is 0 Å². The highest BCUT2D eigenvalue weighted by Crippen LogP contribution is 2.18. The van der Waals surface area contributed by atoms with E-state index in [4.69, 9.17) is 0 Å². The predicted octanol–water partition coefficient (Wildman–Crippen LogP) is 0.415. The van der Waals surface area contributed by atoms with Crippen LogP contribution in [0.4, 0.5) is 0 Å². The lowest BCUT2D eigenvalue weighted by Crippen LogP contribution is -2.40. The summed E-state index contributed by atoms with van der Waals surface area (Å²) >= 11 is 0. The molecule has 0 aromatic heterocycles. The SMILES string of the molecule is Oc1ccccc1CN1CCN2CCNCCN(CC2)CC1. The maximum Gasteiger partial charge on any atom is 0.120 e. The van der Waals surface area contributed by atoms with Gasteiger partial charge in [0.25, 0.3) is 0 Å². The van der Waals surface area contributed by atoms with Gasteiger partial charge in [0.15, 0.2) is 0 Å². The van der Waals surface area contributed by atoms with Gasteiger partial charge in [-0.2, -0.15) is 0 Å². The van der Waals surface area contributed by atoms with Crippen LogP contribution in [0.15, 0.2) is 24.3 Å². The van der Waals surface area contributed by atoms with Crippen LogP contribution < -0.4 is 5.32 Å². The maximum atomic E-state index is 10.0. The molecule has 2 heterocycles. The van der Waals surface area contributed by atoms with Crippen LogP contribution in [0.5, 0.6) is 5.75 Å². The van der Waals surface area contributed by atoms with Crippen LogP contribution in [0, 0.1) is 0 Å². The number of phenols is 1. The van der Waals surface area contributed by atoms with Crippen LogP contribution in [0.3, 0.4) is 0 Å². The van der Waals surface area contributed by atoms with E-state index in [2.05, 4.69) is 20.0 Å². The third kappa shape index (κ3) is 4.43. The Labute approximate surface area is 133 Å². The van der Waals surface area contributed by atoms with Crippen molar-refractivity contribution < 1.29 is 5.11 Å². The highest BCUT2D eigenvalue weighted by molar-refractivity contribution is 5.31. The van der Waals surface area contributed by atoms with Crippen molar-refractivity contribution in [2.75, 3.05) is 65.4 Å². The van der Waals surface area contributed by atoms with Gasteiger partial charge in [-0.15, -0.1) is 0 Å². The summed E-state index contributed by atoms with van der Waals surface area (Å²) in [7, 11) is 0. The Morgan fingerprint density at radius 2 is 1.41 bits per heavy atom. The van der Waals surface area contributed by atoms with Crippen molar-refractivity contribution in [1.82, 2.24) is 20.0 Å². The lowest BCUT2D eigenvalue weighted by Gasteiger charge is -2.27. The molecule has 1 aromatic carbocycles. The molecule has 5 nitrogen and oxygen atoms in total. The van der Waals surface area contributed by atoms with Gasteiger partial charge in [0.1, 0.15) is 5.75 Å². The van der Waals surface area contributed by atoms with E-state index in [9.17, 15) is 5.11 Å². The fraction of sp³-hybridized carbons (Fsp3) is 0.647. The molecule has 0 radical (unpaired) electrons. The van der Waals surface area contributed by atoms with E-state index in [1.54, 1.807) is 6.07 Å². The molecule has 22 heavy (non-hydrogen) atoms. The van der Waals surface area contributed by atoms with Crippen molar-refractivity contribution in [1.29, 1.82) is 0 Å². The van der Waals surface area contributed by atoms with Gasteiger partial charge in [-0.3, -0.25) is 14.7 Å². The molecule has 2 fully saturated rings. The van der Waals surface area contributed by atoms with Crippen LogP contribution in [0.2, 0.25) is 0 Å². The molecule has 2 bridgehead atoms. The summed E-state index contributed by atoms with van der Waals surface area (Å²) in [5.41, 5.74) is 1.04. The molecule has 3 rings (SSSR count). The summed E-state index contributed by atoms with van der Waals surface area (Å²) in [6.45, 7) is 12.0. The highest BCUT2D eigenvalue weighted by Gasteiger charge is 2.18. The van der Waals surface area contributed by atoms with Gasteiger partial charge in [0.05, 0.1) is 0 Å². The van der Waals surface area contributed by atoms with Crippen LogP contribution in [-0.4, -0.2) is 85.3 Å². The van der Waals surface area contributed by atoms with E-state index in [1.807, 2.05) is 18.2 Å². The lowest BCUT2D eigenvalue weighted by atomic mass is 10.2. The van der Waals surface area contributed by atoms with Crippen molar-refractivity contribution in [3.05, 3.63) is 29.8 Å². The minimum atomic E-state index is 0.418. The zero-order chi connectivity index (χ0) is 15.2. The molecule has 2 atom stereocenters. The van der Waals surface area contributed by atoms with Crippen molar-refractivity contribution >= 4 is 0 Å².